The van der Waals surface area contributed by atoms with Gasteiger partial charge in [0, 0.05) is 36.9 Å². The highest BCUT2D eigenvalue weighted by Gasteiger charge is 2.17. The second kappa shape index (κ2) is 10.5. The lowest BCUT2D eigenvalue weighted by molar-refractivity contribution is 1.08. The summed E-state index contributed by atoms with van der Waals surface area (Å²) in [6.07, 6.45) is 0. The third-order valence-electron chi connectivity index (χ3n) is 8.49. The lowest BCUT2D eigenvalue weighted by atomic mass is 9.98. The van der Waals surface area contributed by atoms with Crippen LogP contribution in [0, 0.1) is 0 Å². The molecule has 0 atom stereocenters. The molecule has 0 fully saturated rings. The Bertz CT molecular complexity index is 2550. The summed E-state index contributed by atoms with van der Waals surface area (Å²) in [5.41, 5.74) is 5.32. The van der Waals surface area contributed by atoms with E-state index >= 15 is 0 Å². The Labute approximate surface area is 264 Å². The molecular formula is C41H25N3S. The Morgan fingerprint density at radius 1 is 0.356 bits per heavy atom. The van der Waals surface area contributed by atoms with Gasteiger partial charge in [-0.05, 0) is 63.0 Å². The maximum absolute atomic E-state index is 5.14. The van der Waals surface area contributed by atoms with Gasteiger partial charge in [-0.1, -0.05) is 121 Å². The summed E-state index contributed by atoms with van der Waals surface area (Å²) in [5, 5.41) is 7.22. The zero-order valence-corrected chi connectivity index (χ0v) is 25.0. The first-order chi connectivity index (χ1) is 22.3. The summed E-state index contributed by atoms with van der Waals surface area (Å²) >= 11 is 1.80. The summed E-state index contributed by atoms with van der Waals surface area (Å²) in [4.78, 5) is 15.2. The number of thiophene rings is 1. The largest absolute Gasteiger partial charge is 0.208 e. The maximum atomic E-state index is 5.14. The predicted molar refractivity (Wildman–Crippen MR) is 189 cm³/mol. The van der Waals surface area contributed by atoms with Crippen molar-refractivity contribution in [3.63, 3.8) is 0 Å². The molecule has 9 rings (SSSR count). The van der Waals surface area contributed by atoms with Crippen molar-refractivity contribution in [1.82, 2.24) is 15.0 Å². The molecule has 2 heterocycles. The minimum Gasteiger partial charge on any atom is -0.208 e. The van der Waals surface area contributed by atoms with Crippen LogP contribution in [0.1, 0.15) is 0 Å². The monoisotopic (exact) mass is 591 g/mol. The molecule has 4 heteroatoms. The molecule has 0 radical (unpaired) electrons. The molecule has 0 N–H and O–H groups in total. The van der Waals surface area contributed by atoms with Gasteiger partial charge in [-0.3, -0.25) is 0 Å². The summed E-state index contributed by atoms with van der Waals surface area (Å²) in [7, 11) is 0. The second-order valence-electron chi connectivity index (χ2n) is 11.3. The van der Waals surface area contributed by atoms with Gasteiger partial charge in [0.05, 0.1) is 0 Å². The van der Waals surface area contributed by atoms with E-state index in [1.807, 2.05) is 18.2 Å². The molecule has 0 saturated heterocycles. The topological polar surface area (TPSA) is 38.7 Å². The van der Waals surface area contributed by atoms with E-state index in [0.717, 1.165) is 22.1 Å². The van der Waals surface area contributed by atoms with E-state index in [1.165, 1.54) is 47.5 Å². The summed E-state index contributed by atoms with van der Waals surface area (Å²) < 4.78 is 2.48. The van der Waals surface area contributed by atoms with E-state index in [0.29, 0.717) is 17.5 Å². The molecule has 3 nitrogen and oxygen atoms in total. The van der Waals surface area contributed by atoms with Crippen LogP contribution in [0.2, 0.25) is 0 Å². The van der Waals surface area contributed by atoms with Gasteiger partial charge in [0.25, 0.3) is 0 Å². The van der Waals surface area contributed by atoms with Crippen molar-refractivity contribution in [2.75, 3.05) is 0 Å². The van der Waals surface area contributed by atoms with Crippen molar-refractivity contribution in [1.29, 1.82) is 0 Å². The first kappa shape index (κ1) is 25.8. The lowest BCUT2D eigenvalue weighted by Gasteiger charge is -2.11. The zero-order chi connectivity index (χ0) is 29.7. The lowest BCUT2D eigenvalue weighted by Crippen LogP contribution is -2.00. The molecule has 9 aromatic rings. The van der Waals surface area contributed by atoms with Crippen molar-refractivity contribution >= 4 is 53.1 Å². The van der Waals surface area contributed by atoms with Crippen LogP contribution in [0.15, 0.2) is 152 Å². The third-order valence-corrected chi connectivity index (χ3v) is 9.63. The van der Waals surface area contributed by atoms with Crippen LogP contribution in [-0.2, 0) is 0 Å². The molecule has 210 valence electrons. The van der Waals surface area contributed by atoms with Crippen LogP contribution in [-0.4, -0.2) is 15.0 Å². The van der Waals surface area contributed by atoms with Crippen LogP contribution in [0.4, 0.5) is 0 Å². The van der Waals surface area contributed by atoms with Crippen molar-refractivity contribution in [2.24, 2.45) is 0 Å². The van der Waals surface area contributed by atoms with Crippen LogP contribution in [0.3, 0.4) is 0 Å². The zero-order valence-electron chi connectivity index (χ0n) is 24.2. The molecule has 0 aliphatic carbocycles. The molecule has 7 aromatic carbocycles. The number of fused-ring (bicyclic) bond motifs is 5. The van der Waals surface area contributed by atoms with E-state index < -0.39 is 0 Å². The van der Waals surface area contributed by atoms with Gasteiger partial charge in [-0.15, -0.1) is 11.3 Å². The fourth-order valence-corrected chi connectivity index (χ4v) is 7.37. The highest BCUT2D eigenvalue weighted by molar-refractivity contribution is 7.25. The number of nitrogens with zero attached hydrogens (tertiary/aromatic N) is 3. The van der Waals surface area contributed by atoms with Crippen LogP contribution < -0.4 is 0 Å². The summed E-state index contributed by atoms with van der Waals surface area (Å²) in [6, 6.07) is 53.4. The molecule has 2 aromatic heterocycles. The van der Waals surface area contributed by atoms with Crippen molar-refractivity contribution in [3.05, 3.63) is 152 Å². The molecular weight excluding hydrogens is 567 g/mol. The molecule has 0 saturated carbocycles. The average Bonchev–Trinajstić information content (AvgIpc) is 3.50. The first-order valence-electron chi connectivity index (χ1n) is 15.0. The third kappa shape index (κ3) is 4.55. The number of aromatic nitrogens is 3. The Kier molecular flexibility index (Phi) is 6.00. The molecule has 0 aliphatic heterocycles. The summed E-state index contributed by atoms with van der Waals surface area (Å²) in [5.74, 6) is 2.00. The van der Waals surface area contributed by atoms with Gasteiger partial charge in [0.15, 0.2) is 17.5 Å². The van der Waals surface area contributed by atoms with E-state index in [1.54, 1.807) is 11.3 Å². The van der Waals surface area contributed by atoms with Gasteiger partial charge in [0.1, 0.15) is 0 Å². The van der Waals surface area contributed by atoms with E-state index in [4.69, 9.17) is 15.0 Å². The Hall–Kier alpha value is -5.71. The Balaban J connectivity index is 1.22. The molecule has 0 spiro atoms. The predicted octanol–water partition coefficient (Wildman–Crippen LogP) is 11.2. The maximum Gasteiger partial charge on any atom is 0.164 e. The number of benzene rings is 7. The Morgan fingerprint density at radius 2 is 0.933 bits per heavy atom. The average molecular weight is 592 g/mol. The van der Waals surface area contributed by atoms with Crippen molar-refractivity contribution < 1.29 is 0 Å². The fourth-order valence-electron chi connectivity index (χ4n) is 6.24. The molecule has 0 unspecified atom stereocenters. The van der Waals surface area contributed by atoms with Gasteiger partial charge >= 0.3 is 0 Å². The Morgan fingerprint density at radius 3 is 1.76 bits per heavy atom. The van der Waals surface area contributed by atoms with Gasteiger partial charge < -0.3 is 0 Å². The second-order valence-corrected chi connectivity index (χ2v) is 12.4. The van der Waals surface area contributed by atoms with E-state index in [2.05, 4.69) is 133 Å². The summed E-state index contributed by atoms with van der Waals surface area (Å²) in [6.45, 7) is 0. The van der Waals surface area contributed by atoms with Crippen LogP contribution in [0.25, 0.3) is 87.0 Å². The smallest absolute Gasteiger partial charge is 0.164 e. The van der Waals surface area contributed by atoms with E-state index in [-0.39, 0.29) is 0 Å². The molecule has 0 bridgehead atoms. The van der Waals surface area contributed by atoms with Crippen molar-refractivity contribution in [2.45, 2.75) is 0 Å². The quantitative estimate of drug-likeness (QED) is 0.204. The SMILES string of the molecule is c1ccc(-c2nc(-c3ccc4ccc(-c5ccc6ccccc6c5)cc4c3)nc(-c3cccc4sc5ccccc5c34)n2)cc1. The van der Waals surface area contributed by atoms with E-state index in [9.17, 15) is 0 Å². The van der Waals surface area contributed by atoms with Crippen LogP contribution in [0.5, 0.6) is 0 Å². The number of hydrogen-bond donors (Lipinski definition) is 0. The number of hydrogen-bond acceptors (Lipinski definition) is 4. The van der Waals surface area contributed by atoms with Crippen LogP contribution >= 0.6 is 11.3 Å². The standard InChI is InChI=1S/C41H25N3S/c1-2-10-28(11-3-1)39-42-40(44-41(43-39)35-14-8-16-37-38(35)34-13-6-7-15-36(34)45-37)32-22-19-27-18-21-31(24-33(27)25-32)30-20-17-26-9-4-5-12-29(26)23-30/h1-25H. The molecule has 0 amide bonds. The first-order valence-corrected chi connectivity index (χ1v) is 15.8. The van der Waals surface area contributed by atoms with Gasteiger partial charge in [-0.2, -0.15) is 0 Å². The van der Waals surface area contributed by atoms with Crippen molar-refractivity contribution in [3.8, 4) is 45.3 Å². The van der Waals surface area contributed by atoms with Gasteiger partial charge in [0.2, 0.25) is 0 Å². The number of rotatable bonds is 4. The highest BCUT2D eigenvalue weighted by Crippen LogP contribution is 2.40. The highest BCUT2D eigenvalue weighted by atomic mass is 32.1. The van der Waals surface area contributed by atoms with Gasteiger partial charge in [-0.25, -0.2) is 15.0 Å². The minimum atomic E-state index is 0.661. The normalized spacial score (nSPS) is 11.6. The minimum absolute atomic E-state index is 0.661. The molecule has 0 aliphatic rings. The molecule has 45 heavy (non-hydrogen) atoms. The fraction of sp³-hybridized carbons (Fsp3) is 0.